The Kier molecular flexibility index (Phi) is 5.91. The average Bonchev–Trinajstić information content (AvgIpc) is 2.93. The maximum Gasteiger partial charge on any atom is 0.255 e. The van der Waals surface area contributed by atoms with Gasteiger partial charge in [0.25, 0.3) is 11.5 Å². The van der Waals surface area contributed by atoms with Gasteiger partial charge < -0.3 is 20.5 Å². The van der Waals surface area contributed by atoms with Gasteiger partial charge in [0.05, 0.1) is 5.56 Å². The smallest absolute Gasteiger partial charge is 0.255 e. The number of amides is 2. The van der Waals surface area contributed by atoms with E-state index >= 15 is 0 Å². The van der Waals surface area contributed by atoms with Gasteiger partial charge in [0, 0.05) is 30.9 Å². The fraction of sp³-hybridized carbons (Fsp3) is 0.632. The number of pyridine rings is 1. The van der Waals surface area contributed by atoms with Crippen molar-refractivity contribution in [2.24, 2.45) is 11.1 Å². The number of aromatic nitrogens is 1. The van der Waals surface area contributed by atoms with Crippen LogP contribution in [-0.4, -0.2) is 47.0 Å². The number of carbonyl (C=O) groups excluding carboxylic acids is 2. The molecule has 0 spiro atoms. The van der Waals surface area contributed by atoms with E-state index < -0.39 is 0 Å². The number of nitrogens with one attached hydrogen (secondary N) is 1. The highest BCUT2D eigenvalue weighted by molar-refractivity contribution is 5.97. The predicted molar refractivity (Wildman–Crippen MR) is 101 cm³/mol. The molecule has 1 saturated heterocycles. The number of hydrogen-bond acceptors (Lipinski definition) is 4. The molecule has 1 unspecified atom stereocenters. The minimum Gasteiger partial charge on any atom is -0.352 e. The second-order valence-corrected chi connectivity index (χ2v) is 7.93. The fourth-order valence-electron chi connectivity index (χ4n) is 3.47. The minimum atomic E-state index is -0.274. The molecule has 0 aliphatic carbocycles. The lowest BCUT2D eigenvalue weighted by Gasteiger charge is -2.24. The van der Waals surface area contributed by atoms with E-state index in [0.29, 0.717) is 36.5 Å². The van der Waals surface area contributed by atoms with E-state index in [1.165, 1.54) is 10.6 Å². The standard InChI is InChI=1S/C19H30N4O3/c1-12(2)21-15(24)9-23-14(4)17(13(3)8-16(23)25)18(26)22-7-6-19(5,10-20)11-22/h8,12H,6-7,9-11,20H2,1-5H3,(H,21,24). The van der Waals surface area contributed by atoms with Crippen LogP contribution in [0.4, 0.5) is 0 Å². The average molecular weight is 362 g/mol. The molecule has 1 aromatic heterocycles. The van der Waals surface area contributed by atoms with Crippen molar-refractivity contribution in [2.45, 2.75) is 53.6 Å². The first-order valence-electron chi connectivity index (χ1n) is 9.08. The molecular formula is C19H30N4O3. The Labute approximate surface area is 154 Å². The summed E-state index contributed by atoms with van der Waals surface area (Å²) < 4.78 is 1.37. The van der Waals surface area contributed by atoms with Crippen molar-refractivity contribution in [1.29, 1.82) is 0 Å². The van der Waals surface area contributed by atoms with Crippen molar-refractivity contribution < 1.29 is 9.59 Å². The van der Waals surface area contributed by atoms with Gasteiger partial charge in [-0.1, -0.05) is 6.92 Å². The second kappa shape index (κ2) is 7.61. The van der Waals surface area contributed by atoms with Gasteiger partial charge in [0.1, 0.15) is 6.54 Å². The zero-order valence-electron chi connectivity index (χ0n) is 16.4. The summed E-state index contributed by atoms with van der Waals surface area (Å²) in [6.45, 7) is 11.0. The van der Waals surface area contributed by atoms with Crippen molar-refractivity contribution in [3.8, 4) is 0 Å². The summed E-state index contributed by atoms with van der Waals surface area (Å²) in [7, 11) is 0. The molecule has 1 fully saturated rings. The lowest BCUT2D eigenvalue weighted by molar-refractivity contribution is -0.122. The van der Waals surface area contributed by atoms with Crippen LogP contribution in [0.1, 0.15) is 48.8 Å². The Morgan fingerprint density at radius 3 is 2.54 bits per heavy atom. The van der Waals surface area contributed by atoms with Crippen molar-refractivity contribution in [3.05, 3.63) is 33.2 Å². The van der Waals surface area contributed by atoms with Gasteiger partial charge >= 0.3 is 0 Å². The fourth-order valence-corrected chi connectivity index (χ4v) is 3.47. The van der Waals surface area contributed by atoms with E-state index in [2.05, 4.69) is 12.2 Å². The van der Waals surface area contributed by atoms with E-state index in [9.17, 15) is 14.4 Å². The van der Waals surface area contributed by atoms with E-state index in [0.717, 1.165) is 6.42 Å². The van der Waals surface area contributed by atoms with Crippen molar-refractivity contribution >= 4 is 11.8 Å². The normalized spacial score (nSPS) is 19.9. The molecule has 1 aliphatic rings. The SMILES string of the molecule is Cc1cc(=O)n(CC(=O)NC(C)C)c(C)c1C(=O)N1CCC(C)(CN)C1. The lowest BCUT2D eigenvalue weighted by Crippen LogP contribution is -2.39. The van der Waals surface area contributed by atoms with E-state index in [4.69, 9.17) is 5.73 Å². The number of likely N-dealkylation sites (tertiary alicyclic amines) is 1. The van der Waals surface area contributed by atoms with Crippen LogP contribution in [0.15, 0.2) is 10.9 Å². The lowest BCUT2D eigenvalue weighted by atomic mass is 9.90. The summed E-state index contributed by atoms with van der Waals surface area (Å²) in [5.74, 6) is -0.348. The third-order valence-corrected chi connectivity index (χ3v) is 5.07. The number of nitrogens with zero attached hydrogens (tertiary/aromatic N) is 2. The molecule has 2 rings (SSSR count). The Bertz CT molecular complexity index is 769. The molecule has 0 radical (unpaired) electrons. The van der Waals surface area contributed by atoms with Gasteiger partial charge in [-0.15, -0.1) is 0 Å². The molecule has 144 valence electrons. The van der Waals surface area contributed by atoms with Crippen molar-refractivity contribution in [1.82, 2.24) is 14.8 Å². The highest BCUT2D eigenvalue weighted by Gasteiger charge is 2.36. The van der Waals surface area contributed by atoms with E-state index in [-0.39, 0.29) is 35.4 Å². The van der Waals surface area contributed by atoms with E-state index in [1.54, 1.807) is 18.7 Å². The molecule has 2 heterocycles. The van der Waals surface area contributed by atoms with Crippen LogP contribution in [0.25, 0.3) is 0 Å². The summed E-state index contributed by atoms with van der Waals surface area (Å²) >= 11 is 0. The molecular weight excluding hydrogens is 332 g/mol. The van der Waals surface area contributed by atoms with Crippen LogP contribution in [0.3, 0.4) is 0 Å². The Hall–Kier alpha value is -2.15. The van der Waals surface area contributed by atoms with Crippen LogP contribution in [-0.2, 0) is 11.3 Å². The van der Waals surface area contributed by atoms with Crippen LogP contribution >= 0.6 is 0 Å². The summed E-state index contributed by atoms with van der Waals surface area (Å²) in [4.78, 5) is 39.3. The monoisotopic (exact) mass is 362 g/mol. The number of aryl methyl sites for hydroxylation is 1. The summed E-state index contributed by atoms with van der Waals surface area (Å²) in [5.41, 5.74) is 7.17. The maximum absolute atomic E-state index is 13.1. The Balaban J connectivity index is 2.35. The highest BCUT2D eigenvalue weighted by Crippen LogP contribution is 2.30. The van der Waals surface area contributed by atoms with Crippen LogP contribution in [0.5, 0.6) is 0 Å². The third-order valence-electron chi connectivity index (χ3n) is 5.07. The van der Waals surface area contributed by atoms with Crippen molar-refractivity contribution in [2.75, 3.05) is 19.6 Å². The van der Waals surface area contributed by atoms with Gasteiger partial charge in [-0.05, 0) is 51.6 Å². The second-order valence-electron chi connectivity index (χ2n) is 7.93. The zero-order valence-corrected chi connectivity index (χ0v) is 16.4. The first-order chi connectivity index (χ1) is 12.1. The zero-order chi connectivity index (χ0) is 19.6. The van der Waals surface area contributed by atoms with Gasteiger partial charge in [0.15, 0.2) is 0 Å². The van der Waals surface area contributed by atoms with Gasteiger partial charge in [-0.25, -0.2) is 0 Å². The summed E-state index contributed by atoms with van der Waals surface area (Å²) in [6.07, 6.45) is 0.865. The Morgan fingerprint density at radius 2 is 2.00 bits per heavy atom. The van der Waals surface area contributed by atoms with Crippen LogP contribution < -0.4 is 16.6 Å². The Morgan fingerprint density at radius 1 is 1.35 bits per heavy atom. The molecule has 0 bridgehead atoms. The topological polar surface area (TPSA) is 97.4 Å². The summed E-state index contributed by atoms with van der Waals surface area (Å²) in [5, 5.41) is 2.77. The number of nitrogens with two attached hydrogens (primary N) is 1. The minimum absolute atomic E-state index is 0.0106. The molecule has 7 heteroatoms. The molecule has 3 N–H and O–H groups in total. The van der Waals surface area contributed by atoms with Crippen molar-refractivity contribution in [3.63, 3.8) is 0 Å². The summed E-state index contributed by atoms with van der Waals surface area (Å²) in [6, 6.07) is 1.42. The van der Waals surface area contributed by atoms with Gasteiger partial charge in [0.2, 0.25) is 5.91 Å². The first kappa shape index (κ1) is 20.2. The predicted octanol–water partition coefficient (Wildman–Crippen LogP) is 0.801. The van der Waals surface area contributed by atoms with Gasteiger partial charge in [-0.2, -0.15) is 0 Å². The maximum atomic E-state index is 13.1. The molecule has 26 heavy (non-hydrogen) atoms. The molecule has 1 aromatic rings. The number of carbonyl (C=O) groups is 2. The molecule has 2 amide bonds. The number of hydrogen-bond donors (Lipinski definition) is 2. The molecule has 1 atom stereocenters. The van der Waals surface area contributed by atoms with Crippen LogP contribution in [0, 0.1) is 19.3 Å². The molecule has 7 nitrogen and oxygen atoms in total. The van der Waals surface area contributed by atoms with E-state index in [1.807, 2.05) is 13.8 Å². The third kappa shape index (κ3) is 4.15. The highest BCUT2D eigenvalue weighted by atomic mass is 16.2. The molecule has 0 aromatic carbocycles. The number of rotatable bonds is 5. The largest absolute Gasteiger partial charge is 0.352 e. The quantitative estimate of drug-likeness (QED) is 0.810. The molecule has 0 saturated carbocycles. The van der Waals surface area contributed by atoms with Gasteiger partial charge in [-0.3, -0.25) is 14.4 Å². The molecule has 1 aliphatic heterocycles. The first-order valence-corrected chi connectivity index (χ1v) is 9.08. The van der Waals surface area contributed by atoms with Crippen LogP contribution in [0.2, 0.25) is 0 Å².